The minimum absolute atomic E-state index is 0.615. The zero-order valence-corrected chi connectivity index (χ0v) is 10.9. The zero-order chi connectivity index (χ0) is 13.2. The van der Waals surface area contributed by atoms with Crippen molar-refractivity contribution >= 4 is 0 Å². The van der Waals surface area contributed by atoms with Gasteiger partial charge in [-0.15, -0.1) is 0 Å². The van der Waals surface area contributed by atoms with Gasteiger partial charge in [0.1, 0.15) is 11.9 Å². The van der Waals surface area contributed by atoms with Gasteiger partial charge in [-0.2, -0.15) is 0 Å². The molecule has 0 bridgehead atoms. The smallest absolute Gasteiger partial charge is 0.137 e. The van der Waals surface area contributed by atoms with Gasteiger partial charge in [0.2, 0.25) is 0 Å². The number of nitrogens with zero attached hydrogens (tertiary/aromatic N) is 1. The summed E-state index contributed by atoms with van der Waals surface area (Å²) < 4.78 is 5.16. The molecule has 1 aromatic heterocycles. The Labute approximate surface area is 112 Å². The Kier molecular flexibility index (Phi) is 3.22. The van der Waals surface area contributed by atoms with E-state index < -0.39 is 6.10 Å². The number of rotatable bonds is 4. The lowest BCUT2D eigenvalue weighted by Crippen LogP contribution is -2.04. The molecule has 0 radical (unpaired) electrons. The number of aromatic nitrogens is 1. The van der Waals surface area contributed by atoms with Gasteiger partial charge < -0.3 is 9.84 Å². The van der Waals surface area contributed by atoms with Gasteiger partial charge in [0.05, 0.1) is 13.3 Å². The predicted molar refractivity (Wildman–Crippen MR) is 73.3 cm³/mol. The van der Waals surface area contributed by atoms with Crippen LogP contribution in [0.5, 0.6) is 5.75 Å². The molecule has 1 heterocycles. The summed E-state index contributed by atoms with van der Waals surface area (Å²) in [5.41, 5.74) is 3.02. The second-order valence-electron chi connectivity index (χ2n) is 4.96. The maximum Gasteiger partial charge on any atom is 0.137 e. The Morgan fingerprint density at radius 2 is 2.05 bits per heavy atom. The normalized spacial score (nSPS) is 16.1. The number of benzene rings is 1. The molecule has 19 heavy (non-hydrogen) atoms. The Morgan fingerprint density at radius 3 is 2.79 bits per heavy atom. The van der Waals surface area contributed by atoms with Crippen LogP contribution in [-0.2, 0) is 0 Å². The summed E-state index contributed by atoms with van der Waals surface area (Å²) in [7, 11) is 1.60. The van der Waals surface area contributed by atoms with E-state index in [-0.39, 0.29) is 0 Å². The lowest BCUT2D eigenvalue weighted by Gasteiger charge is -2.16. The fraction of sp³-hybridized carbons (Fsp3) is 0.312. The van der Waals surface area contributed by atoms with Crippen molar-refractivity contribution < 1.29 is 9.84 Å². The topological polar surface area (TPSA) is 42.4 Å². The van der Waals surface area contributed by atoms with Crippen LogP contribution in [0.4, 0.5) is 0 Å². The molecule has 1 unspecified atom stereocenters. The number of aliphatic hydroxyl groups excluding tert-OH is 1. The Morgan fingerprint density at radius 1 is 1.26 bits per heavy atom. The highest BCUT2D eigenvalue weighted by Crippen LogP contribution is 2.43. The molecule has 3 nitrogen and oxygen atoms in total. The molecule has 1 atom stereocenters. The average Bonchev–Trinajstić information content (AvgIpc) is 3.31. The van der Waals surface area contributed by atoms with Crippen molar-refractivity contribution in [2.24, 2.45) is 0 Å². The summed E-state index contributed by atoms with van der Waals surface area (Å²) in [5.74, 6) is 1.28. The van der Waals surface area contributed by atoms with E-state index in [1.165, 1.54) is 18.4 Å². The molecule has 3 heteroatoms. The highest BCUT2D eigenvalue weighted by molar-refractivity contribution is 5.40. The van der Waals surface area contributed by atoms with Gasteiger partial charge in [-0.3, -0.25) is 4.98 Å². The van der Waals surface area contributed by atoms with E-state index in [1.807, 2.05) is 24.3 Å². The summed E-state index contributed by atoms with van der Waals surface area (Å²) in [6.45, 7) is 0. The molecular formula is C16H17NO2. The van der Waals surface area contributed by atoms with E-state index in [9.17, 15) is 5.11 Å². The highest BCUT2D eigenvalue weighted by atomic mass is 16.5. The Hall–Kier alpha value is -1.87. The first-order valence-electron chi connectivity index (χ1n) is 6.55. The molecule has 1 saturated carbocycles. The molecule has 1 fully saturated rings. The molecule has 1 aliphatic rings. The molecule has 0 amide bonds. The van der Waals surface area contributed by atoms with E-state index in [4.69, 9.17) is 4.74 Å². The van der Waals surface area contributed by atoms with Gasteiger partial charge in [-0.05, 0) is 36.0 Å². The maximum absolute atomic E-state index is 10.6. The van der Waals surface area contributed by atoms with Crippen LogP contribution in [-0.4, -0.2) is 17.2 Å². The molecule has 1 aliphatic carbocycles. The highest BCUT2D eigenvalue weighted by Gasteiger charge is 2.28. The first kappa shape index (κ1) is 12.2. The number of aliphatic hydroxyl groups is 1. The third-order valence-electron chi connectivity index (χ3n) is 3.59. The Bertz CT molecular complexity index is 578. The summed E-state index contributed by atoms with van der Waals surface area (Å²) in [6, 6.07) is 9.95. The first-order valence-corrected chi connectivity index (χ1v) is 6.55. The van der Waals surface area contributed by atoms with Crippen molar-refractivity contribution in [1.82, 2.24) is 4.98 Å². The number of hydrogen-bond donors (Lipinski definition) is 1. The number of hydrogen-bond acceptors (Lipinski definition) is 3. The van der Waals surface area contributed by atoms with Gasteiger partial charge in [-0.1, -0.05) is 24.3 Å². The van der Waals surface area contributed by atoms with E-state index >= 15 is 0 Å². The first-order chi connectivity index (χ1) is 9.29. The second-order valence-corrected chi connectivity index (χ2v) is 4.96. The summed E-state index contributed by atoms with van der Waals surface area (Å²) in [4.78, 5) is 4.11. The van der Waals surface area contributed by atoms with E-state index in [1.54, 1.807) is 19.5 Å². The predicted octanol–water partition coefficient (Wildman–Crippen LogP) is 3.05. The van der Waals surface area contributed by atoms with Crippen molar-refractivity contribution in [1.29, 1.82) is 0 Å². The van der Waals surface area contributed by atoms with Crippen LogP contribution in [0, 0.1) is 0 Å². The monoisotopic (exact) mass is 255 g/mol. The van der Waals surface area contributed by atoms with Crippen LogP contribution >= 0.6 is 0 Å². The third kappa shape index (κ3) is 2.47. The van der Waals surface area contributed by atoms with E-state index in [2.05, 4.69) is 11.1 Å². The maximum atomic E-state index is 10.6. The third-order valence-corrected chi connectivity index (χ3v) is 3.59. The van der Waals surface area contributed by atoms with Gasteiger partial charge >= 0.3 is 0 Å². The molecular weight excluding hydrogens is 238 g/mol. The number of ether oxygens (including phenoxy) is 1. The lowest BCUT2D eigenvalue weighted by molar-refractivity contribution is 0.218. The zero-order valence-electron chi connectivity index (χ0n) is 10.9. The SMILES string of the molecule is COc1cncc(C(O)c2ccccc2C2CC2)c1. The fourth-order valence-corrected chi connectivity index (χ4v) is 2.40. The largest absolute Gasteiger partial charge is 0.495 e. The molecule has 0 aliphatic heterocycles. The molecule has 3 rings (SSSR count). The van der Waals surface area contributed by atoms with Gasteiger partial charge in [0, 0.05) is 11.8 Å². The van der Waals surface area contributed by atoms with Crippen LogP contribution in [0.1, 0.15) is 41.6 Å². The quantitative estimate of drug-likeness (QED) is 0.913. The molecule has 0 saturated heterocycles. The van der Waals surface area contributed by atoms with Crippen LogP contribution in [0.3, 0.4) is 0 Å². The average molecular weight is 255 g/mol. The van der Waals surface area contributed by atoms with Crippen molar-refractivity contribution in [3.8, 4) is 5.75 Å². The molecule has 0 spiro atoms. The number of pyridine rings is 1. The standard InChI is InChI=1S/C16H17NO2/c1-19-13-8-12(9-17-10-13)16(18)15-5-3-2-4-14(15)11-6-7-11/h2-5,8-11,16,18H,6-7H2,1H3. The minimum atomic E-state index is -0.639. The molecule has 98 valence electrons. The van der Waals surface area contributed by atoms with Crippen LogP contribution in [0.15, 0.2) is 42.7 Å². The summed E-state index contributed by atoms with van der Waals surface area (Å²) in [6.07, 6.45) is 5.14. The van der Waals surface area contributed by atoms with E-state index in [0.29, 0.717) is 11.7 Å². The Balaban J connectivity index is 1.96. The fourth-order valence-electron chi connectivity index (χ4n) is 2.40. The van der Waals surface area contributed by atoms with Crippen LogP contribution in [0.25, 0.3) is 0 Å². The molecule has 1 N–H and O–H groups in total. The van der Waals surface area contributed by atoms with Crippen LogP contribution in [0.2, 0.25) is 0 Å². The minimum Gasteiger partial charge on any atom is -0.495 e. The molecule has 1 aromatic carbocycles. The summed E-state index contributed by atoms with van der Waals surface area (Å²) in [5, 5.41) is 10.6. The number of methoxy groups -OCH3 is 1. The molecule has 2 aromatic rings. The van der Waals surface area contributed by atoms with Gasteiger partial charge in [0.25, 0.3) is 0 Å². The summed E-state index contributed by atoms with van der Waals surface area (Å²) >= 11 is 0. The van der Waals surface area contributed by atoms with Crippen molar-refractivity contribution in [3.63, 3.8) is 0 Å². The lowest BCUT2D eigenvalue weighted by atomic mass is 9.95. The van der Waals surface area contributed by atoms with Gasteiger partial charge in [0.15, 0.2) is 0 Å². The van der Waals surface area contributed by atoms with Crippen LogP contribution < -0.4 is 4.74 Å². The van der Waals surface area contributed by atoms with E-state index in [0.717, 1.165) is 11.1 Å². The van der Waals surface area contributed by atoms with Gasteiger partial charge in [-0.25, -0.2) is 0 Å². The van der Waals surface area contributed by atoms with Crippen molar-refractivity contribution in [2.45, 2.75) is 24.9 Å². The van der Waals surface area contributed by atoms with Crippen molar-refractivity contribution in [2.75, 3.05) is 7.11 Å². The second kappa shape index (κ2) is 5.02. The van der Waals surface area contributed by atoms with Crippen molar-refractivity contribution in [3.05, 3.63) is 59.4 Å².